The van der Waals surface area contributed by atoms with Gasteiger partial charge >= 0.3 is 0 Å². The number of hydrogen-bond donors (Lipinski definition) is 1. The summed E-state index contributed by atoms with van der Waals surface area (Å²) in [7, 11) is 3.57. The van der Waals surface area contributed by atoms with Gasteiger partial charge in [0, 0.05) is 10.6 Å². The van der Waals surface area contributed by atoms with Gasteiger partial charge in [0.2, 0.25) is 0 Å². The molecule has 3 nitrogen and oxygen atoms in total. The molecule has 0 saturated carbocycles. The van der Waals surface area contributed by atoms with E-state index in [9.17, 15) is 0 Å². The van der Waals surface area contributed by atoms with Crippen LogP contribution in [0.15, 0.2) is 30.0 Å². The van der Waals surface area contributed by atoms with E-state index < -0.39 is 0 Å². The molecule has 1 aromatic rings. The summed E-state index contributed by atoms with van der Waals surface area (Å²) in [4.78, 5) is 0. The van der Waals surface area contributed by atoms with Crippen molar-refractivity contribution in [2.45, 2.75) is 18.9 Å². The Balaban J connectivity index is 2.37. The quantitative estimate of drug-likeness (QED) is 0.908. The maximum absolute atomic E-state index is 6.07. The van der Waals surface area contributed by atoms with E-state index in [2.05, 4.69) is 11.4 Å². The first-order chi connectivity index (χ1) is 8.76. The molecule has 0 spiro atoms. The predicted octanol–water partition coefficient (Wildman–Crippen LogP) is 3.30. The van der Waals surface area contributed by atoms with Gasteiger partial charge in [0.25, 0.3) is 0 Å². The van der Waals surface area contributed by atoms with Crippen LogP contribution in [0.5, 0.6) is 5.75 Å². The van der Waals surface area contributed by atoms with Crippen LogP contribution in [0.25, 0.3) is 0 Å². The first-order valence-corrected chi connectivity index (χ1v) is 6.47. The average molecular weight is 268 g/mol. The number of hydrogen-bond acceptors (Lipinski definition) is 3. The first kappa shape index (κ1) is 13.2. The zero-order chi connectivity index (χ0) is 13.0. The number of halogens is 1. The summed E-state index contributed by atoms with van der Waals surface area (Å²) >= 11 is 6.07. The number of methoxy groups -OCH3 is 1. The molecule has 98 valence electrons. The molecular weight excluding hydrogens is 250 g/mol. The van der Waals surface area contributed by atoms with E-state index in [1.165, 1.54) is 0 Å². The number of ether oxygens (including phenoxy) is 2. The zero-order valence-corrected chi connectivity index (χ0v) is 11.5. The second-order valence-corrected chi connectivity index (χ2v) is 4.64. The highest BCUT2D eigenvalue weighted by Crippen LogP contribution is 2.33. The molecule has 0 saturated heterocycles. The second kappa shape index (κ2) is 6.12. The van der Waals surface area contributed by atoms with Gasteiger partial charge in [-0.15, -0.1) is 0 Å². The van der Waals surface area contributed by atoms with Crippen LogP contribution in [0.4, 0.5) is 0 Å². The zero-order valence-electron chi connectivity index (χ0n) is 10.7. The van der Waals surface area contributed by atoms with Gasteiger partial charge in [-0.3, -0.25) is 0 Å². The molecule has 1 atom stereocenters. The number of likely N-dealkylation sites (N-methyl/N-ethyl adjacent to an activating group) is 1. The third-order valence-electron chi connectivity index (χ3n) is 3.04. The molecule has 0 radical (unpaired) electrons. The molecule has 1 aliphatic heterocycles. The van der Waals surface area contributed by atoms with Crippen molar-refractivity contribution < 1.29 is 9.47 Å². The third-order valence-corrected chi connectivity index (χ3v) is 3.27. The van der Waals surface area contributed by atoms with Crippen molar-refractivity contribution >= 4 is 11.6 Å². The van der Waals surface area contributed by atoms with Crippen LogP contribution in [-0.2, 0) is 4.74 Å². The third kappa shape index (κ3) is 2.79. The Morgan fingerprint density at radius 2 is 2.28 bits per heavy atom. The van der Waals surface area contributed by atoms with Gasteiger partial charge in [0.1, 0.15) is 11.5 Å². The fourth-order valence-corrected chi connectivity index (χ4v) is 2.34. The van der Waals surface area contributed by atoms with Crippen LogP contribution in [0, 0.1) is 0 Å². The van der Waals surface area contributed by atoms with Gasteiger partial charge in [-0.05, 0) is 44.2 Å². The highest BCUT2D eigenvalue weighted by atomic mass is 35.5. The maximum atomic E-state index is 6.07. The predicted molar refractivity (Wildman–Crippen MR) is 73.1 cm³/mol. The van der Waals surface area contributed by atoms with Crippen molar-refractivity contribution in [3.63, 3.8) is 0 Å². The molecule has 4 heteroatoms. The molecule has 1 heterocycles. The summed E-state index contributed by atoms with van der Waals surface area (Å²) in [6.07, 6.45) is 4.26. The van der Waals surface area contributed by atoms with Crippen molar-refractivity contribution in [2.24, 2.45) is 0 Å². The van der Waals surface area contributed by atoms with Gasteiger partial charge < -0.3 is 14.8 Å². The summed E-state index contributed by atoms with van der Waals surface area (Å²) in [6, 6.07) is 5.61. The Morgan fingerprint density at radius 3 is 2.89 bits per heavy atom. The van der Waals surface area contributed by atoms with E-state index in [0.29, 0.717) is 5.02 Å². The van der Waals surface area contributed by atoms with Gasteiger partial charge in [-0.1, -0.05) is 11.6 Å². The van der Waals surface area contributed by atoms with E-state index in [4.69, 9.17) is 21.1 Å². The molecule has 0 bridgehead atoms. The largest absolute Gasteiger partial charge is 0.496 e. The van der Waals surface area contributed by atoms with Gasteiger partial charge in [-0.25, -0.2) is 0 Å². The standard InChI is InChI=1S/C14H18ClNO2/c1-16-14(13-5-3-4-8-18-13)11-9-10(15)6-7-12(11)17-2/h5-7,9,14,16H,3-4,8H2,1-2H3. The van der Waals surface area contributed by atoms with E-state index >= 15 is 0 Å². The van der Waals surface area contributed by atoms with E-state index in [1.54, 1.807) is 7.11 Å². The van der Waals surface area contributed by atoms with Crippen molar-refractivity contribution in [3.05, 3.63) is 40.6 Å². The Hall–Kier alpha value is -1.19. The fraction of sp³-hybridized carbons (Fsp3) is 0.429. The molecule has 1 aromatic carbocycles. The molecular formula is C14H18ClNO2. The minimum atomic E-state index is -0.0149. The Labute approximate surface area is 113 Å². The lowest BCUT2D eigenvalue weighted by Gasteiger charge is -2.25. The summed E-state index contributed by atoms with van der Waals surface area (Å²) in [5.74, 6) is 1.76. The minimum Gasteiger partial charge on any atom is -0.496 e. The van der Waals surface area contributed by atoms with Gasteiger partial charge in [0.15, 0.2) is 0 Å². The number of benzene rings is 1. The van der Waals surface area contributed by atoms with E-state index in [-0.39, 0.29) is 6.04 Å². The van der Waals surface area contributed by atoms with Gasteiger partial charge in [0.05, 0.1) is 19.8 Å². The van der Waals surface area contributed by atoms with Crippen LogP contribution < -0.4 is 10.1 Å². The number of rotatable bonds is 4. The summed E-state index contributed by atoms with van der Waals surface area (Å²) in [5.41, 5.74) is 1.00. The van der Waals surface area contributed by atoms with Crippen LogP contribution in [0.3, 0.4) is 0 Å². The maximum Gasteiger partial charge on any atom is 0.124 e. The molecule has 0 fully saturated rings. The summed E-state index contributed by atoms with van der Waals surface area (Å²) in [5, 5.41) is 3.95. The lowest BCUT2D eigenvalue weighted by molar-refractivity contribution is 0.169. The molecule has 1 N–H and O–H groups in total. The van der Waals surface area contributed by atoms with Gasteiger partial charge in [-0.2, -0.15) is 0 Å². The molecule has 0 aliphatic carbocycles. The monoisotopic (exact) mass is 267 g/mol. The van der Waals surface area contributed by atoms with Crippen molar-refractivity contribution in [1.82, 2.24) is 5.32 Å². The Morgan fingerprint density at radius 1 is 1.44 bits per heavy atom. The van der Waals surface area contributed by atoms with Crippen LogP contribution >= 0.6 is 11.6 Å². The van der Waals surface area contributed by atoms with E-state index in [0.717, 1.165) is 36.5 Å². The van der Waals surface area contributed by atoms with Crippen molar-refractivity contribution in [2.75, 3.05) is 20.8 Å². The smallest absolute Gasteiger partial charge is 0.124 e. The van der Waals surface area contributed by atoms with Crippen LogP contribution in [-0.4, -0.2) is 20.8 Å². The summed E-state index contributed by atoms with van der Waals surface area (Å²) < 4.78 is 11.1. The van der Waals surface area contributed by atoms with E-state index in [1.807, 2.05) is 25.2 Å². The molecule has 2 rings (SSSR count). The molecule has 1 aliphatic rings. The van der Waals surface area contributed by atoms with Crippen LogP contribution in [0.1, 0.15) is 24.4 Å². The topological polar surface area (TPSA) is 30.5 Å². The number of allylic oxidation sites excluding steroid dienone is 1. The minimum absolute atomic E-state index is 0.0149. The number of nitrogens with one attached hydrogen (secondary N) is 1. The summed E-state index contributed by atoms with van der Waals surface area (Å²) in [6.45, 7) is 0.771. The fourth-order valence-electron chi connectivity index (χ4n) is 2.16. The highest BCUT2D eigenvalue weighted by Gasteiger charge is 2.21. The Bertz CT molecular complexity index is 445. The SMILES string of the molecule is CNC(C1=CCCCO1)c1cc(Cl)ccc1OC. The molecule has 0 aromatic heterocycles. The average Bonchev–Trinajstić information content (AvgIpc) is 2.41. The lowest BCUT2D eigenvalue weighted by atomic mass is 10.0. The van der Waals surface area contributed by atoms with Crippen molar-refractivity contribution in [1.29, 1.82) is 0 Å². The van der Waals surface area contributed by atoms with Crippen molar-refractivity contribution in [3.8, 4) is 5.75 Å². The Kier molecular flexibility index (Phi) is 4.50. The second-order valence-electron chi connectivity index (χ2n) is 4.21. The molecule has 18 heavy (non-hydrogen) atoms. The highest BCUT2D eigenvalue weighted by molar-refractivity contribution is 6.30. The molecule has 1 unspecified atom stereocenters. The molecule has 0 amide bonds. The normalized spacial score (nSPS) is 16.7. The van der Waals surface area contributed by atoms with Crippen LogP contribution in [0.2, 0.25) is 5.02 Å². The lowest BCUT2D eigenvalue weighted by Crippen LogP contribution is -2.22. The first-order valence-electron chi connectivity index (χ1n) is 6.10.